The molecule has 15 heavy (non-hydrogen) atoms. The molecule has 4 nitrogen and oxygen atoms in total. The van der Waals surface area contributed by atoms with Crippen LogP contribution in [0.1, 0.15) is 12.5 Å². The number of rotatable bonds is 4. The van der Waals surface area contributed by atoms with E-state index < -0.39 is 0 Å². The standard InChI is InChI=1S/C11H15NO3/c1-8(12-13)6-9-4-5-10(14-2)11(7-9)15-3/h4-5,7,13H,6H2,1-3H3/b12-8-. The Morgan fingerprint density at radius 2 is 1.93 bits per heavy atom. The summed E-state index contributed by atoms with van der Waals surface area (Å²) in [6, 6.07) is 5.61. The van der Waals surface area contributed by atoms with Gasteiger partial charge in [0.15, 0.2) is 11.5 Å². The highest BCUT2D eigenvalue weighted by Gasteiger charge is 2.05. The molecule has 0 aromatic heterocycles. The Morgan fingerprint density at radius 3 is 2.47 bits per heavy atom. The predicted molar refractivity (Wildman–Crippen MR) is 58.1 cm³/mol. The zero-order chi connectivity index (χ0) is 11.3. The highest BCUT2D eigenvalue weighted by Crippen LogP contribution is 2.27. The lowest BCUT2D eigenvalue weighted by Crippen LogP contribution is -1.98. The molecule has 1 N–H and O–H groups in total. The Balaban J connectivity index is 2.93. The smallest absolute Gasteiger partial charge is 0.160 e. The quantitative estimate of drug-likeness (QED) is 0.469. The fourth-order valence-corrected chi connectivity index (χ4v) is 1.32. The maximum Gasteiger partial charge on any atom is 0.160 e. The average molecular weight is 209 g/mol. The third-order valence-electron chi connectivity index (χ3n) is 2.08. The lowest BCUT2D eigenvalue weighted by molar-refractivity contribution is 0.317. The Morgan fingerprint density at radius 1 is 1.27 bits per heavy atom. The minimum absolute atomic E-state index is 0.594. The molecule has 82 valence electrons. The first-order valence-corrected chi connectivity index (χ1v) is 4.59. The van der Waals surface area contributed by atoms with Gasteiger partial charge in [0.05, 0.1) is 19.9 Å². The Labute approximate surface area is 89.1 Å². The van der Waals surface area contributed by atoms with Gasteiger partial charge in [-0.15, -0.1) is 0 Å². The van der Waals surface area contributed by atoms with Crippen LogP contribution in [-0.2, 0) is 6.42 Å². The molecule has 0 aliphatic rings. The topological polar surface area (TPSA) is 51.0 Å². The molecule has 0 aliphatic heterocycles. The molecule has 4 heteroatoms. The lowest BCUT2D eigenvalue weighted by atomic mass is 10.1. The van der Waals surface area contributed by atoms with Gasteiger partial charge in [-0.3, -0.25) is 0 Å². The number of ether oxygens (including phenoxy) is 2. The molecule has 0 saturated carbocycles. The van der Waals surface area contributed by atoms with Crippen LogP contribution in [0.2, 0.25) is 0 Å². The maximum atomic E-state index is 8.56. The molecule has 0 spiro atoms. The predicted octanol–water partition coefficient (Wildman–Crippen LogP) is 2.10. The summed E-state index contributed by atoms with van der Waals surface area (Å²) in [5, 5.41) is 11.7. The summed E-state index contributed by atoms with van der Waals surface area (Å²) in [6.45, 7) is 1.76. The molecule has 0 radical (unpaired) electrons. The number of nitrogens with zero attached hydrogens (tertiary/aromatic N) is 1. The molecule has 1 aromatic rings. The van der Waals surface area contributed by atoms with Gasteiger partial charge < -0.3 is 14.7 Å². The molecule has 0 saturated heterocycles. The van der Waals surface area contributed by atoms with Crippen LogP contribution in [0.5, 0.6) is 11.5 Å². The van der Waals surface area contributed by atoms with Crippen molar-refractivity contribution in [2.45, 2.75) is 13.3 Å². The van der Waals surface area contributed by atoms with E-state index in [0.717, 1.165) is 5.56 Å². The van der Waals surface area contributed by atoms with Gasteiger partial charge in [-0.05, 0) is 24.6 Å². The fraction of sp³-hybridized carbons (Fsp3) is 0.364. The molecule has 0 fully saturated rings. The Bertz CT molecular complexity index is 361. The molecule has 0 unspecified atom stereocenters. The van der Waals surface area contributed by atoms with Gasteiger partial charge in [0.1, 0.15) is 0 Å². The van der Waals surface area contributed by atoms with Crippen molar-refractivity contribution in [2.75, 3.05) is 14.2 Å². The SMILES string of the molecule is COc1ccc(C/C(C)=N\O)cc1OC. The summed E-state index contributed by atoms with van der Waals surface area (Å²) >= 11 is 0. The highest BCUT2D eigenvalue weighted by atomic mass is 16.5. The van der Waals surface area contributed by atoms with Gasteiger partial charge in [0.25, 0.3) is 0 Å². The van der Waals surface area contributed by atoms with E-state index in [0.29, 0.717) is 23.6 Å². The number of hydrogen-bond acceptors (Lipinski definition) is 4. The van der Waals surface area contributed by atoms with Crippen molar-refractivity contribution in [3.8, 4) is 11.5 Å². The summed E-state index contributed by atoms with van der Waals surface area (Å²) in [6.07, 6.45) is 0.594. The summed E-state index contributed by atoms with van der Waals surface area (Å²) in [5.41, 5.74) is 1.67. The fourth-order valence-electron chi connectivity index (χ4n) is 1.32. The van der Waals surface area contributed by atoms with Crippen molar-refractivity contribution < 1.29 is 14.7 Å². The summed E-state index contributed by atoms with van der Waals surface area (Å²) in [5.74, 6) is 1.38. The first kappa shape index (κ1) is 11.4. The first-order valence-electron chi connectivity index (χ1n) is 4.59. The molecule has 0 amide bonds. The van der Waals surface area contributed by atoms with Crippen LogP contribution in [-0.4, -0.2) is 25.1 Å². The molecule has 1 rings (SSSR count). The van der Waals surface area contributed by atoms with Crippen LogP contribution in [0.15, 0.2) is 23.4 Å². The zero-order valence-corrected chi connectivity index (χ0v) is 9.15. The van der Waals surface area contributed by atoms with Crippen LogP contribution in [0.3, 0.4) is 0 Å². The molecule has 1 aromatic carbocycles. The third kappa shape index (κ3) is 2.87. The number of hydrogen-bond donors (Lipinski definition) is 1. The van der Waals surface area contributed by atoms with E-state index in [1.807, 2.05) is 18.2 Å². The summed E-state index contributed by atoms with van der Waals surface area (Å²) in [4.78, 5) is 0. The molecular formula is C11H15NO3. The van der Waals surface area contributed by atoms with Gasteiger partial charge in [-0.1, -0.05) is 11.2 Å². The van der Waals surface area contributed by atoms with E-state index in [-0.39, 0.29) is 0 Å². The van der Waals surface area contributed by atoms with E-state index in [2.05, 4.69) is 5.16 Å². The zero-order valence-electron chi connectivity index (χ0n) is 9.15. The number of oxime groups is 1. The van der Waals surface area contributed by atoms with E-state index in [1.54, 1.807) is 21.1 Å². The summed E-state index contributed by atoms with van der Waals surface area (Å²) in [7, 11) is 3.19. The largest absolute Gasteiger partial charge is 0.493 e. The van der Waals surface area contributed by atoms with Crippen molar-refractivity contribution in [3.05, 3.63) is 23.8 Å². The first-order chi connectivity index (χ1) is 7.21. The van der Waals surface area contributed by atoms with Crippen LogP contribution >= 0.6 is 0 Å². The van der Waals surface area contributed by atoms with Crippen molar-refractivity contribution >= 4 is 5.71 Å². The maximum absolute atomic E-state index is 8.56. The van der Waals surface area contributed by atoms with Crippen LogP contribution < -0.4 is 9.47 Å². The number of methoxy groups -OCH3 is 2. The summed E-state index contributed by atoms with van der Waals surface area (Å²) < 4.78 is 10.3. The van der Waals surface area contributed by atoms with E-state index >= 15 is 0 Å². The van der Waals surface area contributed by atoms with Gasteiger partial charge in [0, 0.05) is 6.42 Å². The lowest BCUT2D eigenvalue weighted by Gasteiger charge is -2.08. The van der Waals surface area contributed by atoms with Crippen molar-refractivity contribution in [2.24, 2.45) is 5.16 Å². The van der Waals surface area contributed by atoms with Crippen LogP contribution in [0, 0.1) is 0 Å². The Kier molecular flexibility index (Phi) is 3.97. The van der Waals surface area contributed by atoms with Crippen molar-refractivity contribution in [3.63, 3.8) is 0 Å². The highest BCUT2D eigenvalue weighted by molar-refractivity contribution is 5.83. The van der Waals surface area contributed by atoms with Crippen LogP contribution in [0.4, 0.5) is 0 Å². The minimum Gasteiger partial charge on any atom is -0.493 e. The second-order valence-electron chi connectivity index (χ2n) is 3.20. The van der Waals surface area contributed by atoms with Gasteiger partial charge >= 0.3 is 0 Å². The van der Waals surface area contributed by atoms with E-state index in [4.69, 9.17) is 14.7 Å². The molecule has 0 aliphatic carbocycles. The molecule has 0 atom stereocenters. The van der Waals surface area contributed by atoms with E-state index in [1.165, 1.54) is 0 Å². The van der Waals surface area contributed by atoms with E-state index in [9.17, 15) is 0 Å². The van der Waals surface area contributed by atoms with Crippen molar-refractivity contribution in [1.29, 1.82) is 0 Å². The third-order valence-corrected chi connectivity index (χ3v) is 2.08. The molecule has 0 heterocycles. The van der Waals surface area contributed by atoms with Gasteiger partial charge in [-0.25, -0.2) is 0 Å². The average Bonchev–Trinajstić information content (AvgIpc) is 2.28. The van der Waals surface area contributed by atoms with Crippen molar-refractivity contribution in [1.82, 2.24) is 0 Å². The molecule has 0 bridgehead atoms. The minimum atomic E-state index is 0.594. The second kappa shape index (κ2) is 5.24. The van der Waals surface area contributed by atoms with Crippen LogP contribution in [0.25, 0.3) is 0 Å². The Hall–Kier alpha value is -1.71. The molecular weight excluding hydrogens is 194 g/mol. The normalized spacial score (nSPS) is 11.3. The van der Waals surface area contributed by atoms with Gasteiger partial charge in [-0.2, -0.15) is 0 Å². The van der Waals surface area contributed by atoms with Gasteiger partial charge in [0.2, 0.25) is 0 Å². The monoisotopic (exact) mass is 209 g/mol. The number of benzene rings is 1. The second-order valence-corrected chi connectivity index (χ2v) is 3.20.